The van der Waals surface area contributed by atoms with Crippen LogP contribution in [0.3, 0.4) is 0 Å². The van der Waals surface area contributed by atoms with Crippen LogP contribution >= 0.6 is 0 Å². The molecule has 0 radical (unpaired) electrons. The van der Waals surface area contributed by atoms with E-state index in [-0.39, 0.29) is 16.6 Å². The topological polar surface area (TPSA) is 18.5 Å². The van der Waals surface area contributed by atoms with E-state index in [9.17, 15) is 0 Å². The Labute approximate surface area is 190 Å². The van der Waals surface area contributed by atoms with E-state index in [4.69, 9.17) is 9.47 Å². The zero-order chi connectivity index (χ0) is 22.5. The normalized spacial score (nSPS) is 16.7. The maximum absolute atomic E-state index is 6.34. The van der Waals surface area contributed by atoms with Crippen LogP contribution in [0.2, 0.25) is 0 Å². The highest BCUT2D eigenvalue weighted by Gasteiger charge is 2.36. The summed E-state index contributed by atoms with van der Waals surface area (Å²) in [5.74, 6) is 1.94. The molecular weight excluding hydrogens is 380 g/mol. The minimum atomic E-state index is -0.134. The second kappa shape index (κ2) is 9.67. The lowest BCUT2D eigenvalue weighted by atomic mass is 9.65. The van der Waals surface area contributed by atoms with Crippen molar-refractivity contribution in [2.75, 3.05) is 0 Å². The summed E-state index contributed by atoms with van der Waals surface area (Å²) >= 11 is 0. The maximum atomic E-state index is 6.34. The summed E-state index contributed by atoms with van der Waals surface area (Å²) in [5.41, 5.74) is 2.69. The number of ether oxygens (including phenoxy) is 2. The van der Waals surface area contributed by atoms with Gasteiger partial charge in [-0.05, 0) is 88.3 Å². The number of rotatable bonds is 9. The average molecular weight is 423 g/mol. The van der Waals surface area contributed by atoms with Crippen LogP contribution in [-0.4, -0.2) is 11.2 Å². The fourth-order valence-electron chi connectivity index (χ4n) is 4.65. The molecule has 0 amide bonds. The first kappa shape index (κ1) is 23.7. The van der Waals surface area contributed by atoms with Gasteiger partial charge in [-0.3, -0.25) is 0 Å². The molecule has 31 heavy (non-hydrogen) atoms. The Morgan fingerprint density at radius 1 is 0.645 bits per heavy atom. The van der Waals surface area contributed by atoms with Gasteiger partial charge in [-0.2, -0.15) is 0 Å². The number of hydrogen-bond acceptors (Lipinski definition) is 2. The van der Waals surface area contributed by atoms with Crippen molar-refractivity contribution in [3.8, 4) is 11.5 Å². The third-order valence-corrected chi connectivity index (χ3v) is 7.63. The van der Waals surface area contributed by atoms with Gasteiger partial charge in [-0.1, -0.05) is 64.3 Å². The van der Waals surface area contributed by atoms with Crippen LogP contribution in [0.25, 0.3) is 0 Å². The van der Waals surface area contributed by atoms with E-state index in [1.165, 1.54) is 43.2 Å². The van der Waals surface area contributed by atoms with Gasteiger partial charge in [0.1, 0.15) is 22.7 Å². The average Bonchev–Trinajstić information content (AvgIpc) is 2.80. The van der Waals surface area contributed by atoms with Gasteiger partial charge in [0.2, 0.25) is 0 Å². The summed E-state index contributed by atoms with van der Waals surface area (Å²) in [5, 5.41) is 0. The third-order valence-electron chi connectivity index (χ3n) is 7.63. The summed E-state index contributed by atoms with van der Waals surface area (Å²) in [7, 11) is 0. The first-order valence-corrected chi connectivity index (χ1v) is 12.3. The van der Waals surface area contributed by atoms with Crippen LogP contribution in [0.5, 0.6) is 11.5 Å². The summed E-state index contributed by atoms with van der Waals surface area (Å²) in [4.78, 5) is 0. The minimum absolute atomic E-state index is 0.0911. The predicted octanol–water partition coefficient (Wildman–Crippen LogP) is 8.46. The van der Waals surface area contributed by atoms with Gasteiger partial charge in [-0.25, -0.2) is 0 Å². The zero-order valence-corrected chi connectivity index (χ0v) is 20.6. The standard InChI is InChI=1S/C29H42O2/c1-7-27(4,5)30-25-17-13-23(14-18-25)29(21-11-10-12-22-29)24-15-19-26(20-16-24)31-28(6,8-2)9-3/h13-20H,7-12,21-22H2,1-6H3. The third kappa shape index (κ3) is 5.45. The monoisotopic (exact) mass is 422 g/mol. The van der Waals surface area contributed by atoms with Crippen LogP contribution in [0.15, 0.2) is 48.5 Å². The molecule has 2 nitrogen and oxygen atoms in total. The molecular formula is C29H42O2. The summed E-state index contributed by atoms with van der Waals surface area (Å²) in [6.07, 6.45) is 9.32. The molecule has 0 atom stereocenters. The van der Waals surface area contributed by atoms with E-state index >= 15 is 0 Å². The fourth-order valence-corrected chi connectivity index (χ4v) is 4.65. The Hall–Kier alpha value is -1.96. The van der Waals surface area contributed by atoms with E-state index < -0.39 is 0 Å². The highest BCUT2D eigenvalue weighted by molar-refractivity contribution is 5.44. The smallest absolute Gasteiger partial charge is 0.120 e. The molecule has 0 bridgehead atoms. The quantitative estimate of drug-likeness (QED) is 0.403. The summed E-state index contributed by atoms with van der Waals surface area (Å²) in [6.45, 7) is 13.1. The largest absolute Gasteiger partial charge is 0.488 e. The molecule has 0 heterocycles. The van der Waals surface area contributed by atoms with E-state index in [0.29, 0.717) is 0 Å². The first-order valence-electron chi connectivity index (χ1n) is 12.3. The molecule has 1 saturated carbocycles. The predicted molar refractivity (Wildman–Crippen MR) is 131 cm³/mol. The van der Waals surface area contributed by atoms with Gasteiger partial charge in [0, 0.05) is 5.41 Å². The van der Waals surface area contributed by atoms with Gasteiger partial charge in [0.05, 0.1) is 0 Å². The lowest BCUT2D eigenvalue weighted by Crippen LogP contribution is -2.31. The highest BCUT2D eigenvalue weighted by atomic mass is 16.5. The molecule has 1 aliphatic rings. The molecule has 0 saturated heterocycles. The van der Waals surface area contributed by atoms with E-state index in [0.717, 1.165) is 30.8 Å². The number of hydrogen-bond donors (Lipinski definition) is 0. The molecule has 0 N–H and O–H groups in total. The van der Waals surface area contributed by atoms with Crippen molar-refractivity contribution < 1.29 is 9.47 Å². The van der Waals surface area contributed by atoms with Crippen molar-refractivity contribution in [1.29, 1.82) is 0 Å². The lowest BCUT2D eigenvalue weighted by molar-refractivity contribution is 0.0802. The molecule has 0 unspecified atom stereocenters. The highest BCUT2D eigenvalue weighted by Crippen LogP contribution is 2.45. The Bertz CT molecular complexity index is 807. The molecule has 3 rings (SSSR count). The van der Waals surface area contributed by atoms with Crippen LogP contribution in [-0.2, 0) is 5.41 Å². The molecule has 0 aromatic heterocycles. The zero-order valence-electron chi connectivity index (χ0n) is 20.6. The van der Waals surface area contributed by atoms with Crippen LogP contribution in [0.1, 0.15) is 104 Å². The van der Waals surface area contributed by atoms with Crippen molar-refractivity contribution in [3.05, 3.63) is 59.7 Å². The van der Waals surface area contributed by atoms with Crippen molar-refractivity contribution in [3.63, 3.8) is 0 Å². The number of benzene rings is 2. The summed E-state index contributed by atoms with van der Waals surface area (Å²) in [6, 6.07) is 17.9. The van der Waals surface area contributed by atoms with Gasteiger partial charge in [0.25, 0.3) is 0 Å². The molecule has 1 fully saturated rings. The Morgan fingerprint density at radius 2 is 1.10 bits per heavy atom. The van der Waals surface area contributed by atoms with Crippen LogP contribution in [0.4, 0.5) is 0 Å². The van der Waals surface area contributed by atoms with Gasteiger partial charge in [0.15, 0.2) is 0 Å². The molecule has 2 heteroatoms. The second-order valence-corrected chi connectivity index (χ2v) is 10.2. The molecule has 2 aromatic rings. The molecule has 0 aliphatic heterocycles. The van der Waals surface area contributed by atoms with Crippen LogP contribution in [0, 0.1) is 0 Å². The maximum Gasteiger partial charge on any atom is 0.120 e. The van der Waals surface area contributed by atoms with Crippen molar-refractivity contribution >= 4 is 0 Å². The SMILES string of the molecule is CCC(C)(C)Oc1ccc(C2(c3ccc(OC(C)(CC)CC)cc3)CCCCC2)cc1. The summed E-state index contributed by atoms with van der Waals surface area (Å²) < 4.78 is 12.5. The van der Waals surface area contributed by atoms with Crippen LogP contribution < -0.4 is 9.47 Å². The van der Waals surface area contributed by atoms with Crippen molar-refractivity contribution in [1.82, 2.24) is 0 Å². The van der Waals surface area contributed by atoms with Gasteiger partial charge in [-0.15, -0.1) is 0 Å². The first-order chi connectivity index (χ1) is 14.8. The van der Waals surface area contributed by atoms with E-state index in [1.807, 2.05) is 0 Å². The molecule has 170 valence electrons. The lowest BCUT2D eigenvalue weighted by Gasteiger charge is -2.39. The minimum Gasteiger partial charge on any atom is -0.488 e. The Balaban J connectivity index is 1.87. The second-order valence-electron chi connectivity index (χ2n) is 10.2. The molecule has 0 spiro atoms. The van der Waals surface area contributed by atoms with Gasteiger partial charge < -0.3 is 9.47 Å². The van der Waals surface area contributed by atoms with Gasteiger partial charge >= 0.3 is 0 Å². The Kier molecular flexibility index (Phi) is 7.39. The van der Waals surface area contributed by atoms with E-state index in [2.05, 4.69) is 90.1 Å². The Morgan fingerprint density at radius 3 is 1.52 bits per heavy atom. The van der Waals surface area contributed by atoms with E-state index in [1.54, 1.807) is 0 Å². The van der Waals surface area contributed by atoms with Crippen molar-refractivity contribution in [2.45, 2.75) is 110 Å². The fraction of sp³-hybridized carbons (Fsp3) is 0.586. The molecule has 2 aromatic carbocycles. The molecule has 1 aliphatic carbocycles. The van der Waals surface area contributed by atoms with Crippen molar-refractivity contribution in [2.24, 2.45) is 0 Å².